The van der Waals surface area contributed by atoms with Crippen molar-refractivity contribution in [2.24, 2.45) is 0 Å². The molecule has 0 aliphatic rings. The van der Waals surface area contributed by atoms with Gasteiger partial charge in [-0.05, 0) is 17.7 Å². The molecule has 1 heterocycles. The number of hydrogen-bond donors (Lipinski definition) is 1. The van der Waals surface area contributed by atoms with Crippen LogP contribution in [0.5, 0.6) is 0 Å². The van der Waals surface area contributed by atoms with E-state index in [4.69, 9.17) is 11.6 Å². The maximum absolute atomic E-state index is 11.9. The number of anilines is 1. The molecule has 2 aromatic rings. The molecule has 2 rings (SSSR count). The van der Waals surface area contributed by atoms with Crippen LogP contribution in [0.25, 0.3) is 0 Å². The number of nitrogens with one attached hydrogen (secondary N) is 1. The second-order valence-corrected chi connectivity index (χ2v) is 6.84. The summed E-state index contributed by atoms with van der Waals surface area (Å²) in [5.41, 5.74) is 1.70. The molecule has 23 heavy (non-hydrogen) atoms. The Hall–Kier alpha value is -1.57. The van der Waals surface area contributed by atoms with Gasteiger partial charge in [0, 0.05) is 16.2 Å². The molecule has 5 nitrogen and oxygen atoms in total. The van der Waals surface area contributed by atoms with Gasteiger partial charge in [0.25, 0.3) is 0 Å². The molecule has 0 atom stereocenters. The summed E-state index contributed by atoms with van der Waals surface area (Å²) in [6, 6.07) is 7.53. The standard InChI is InChI=1S/C15H15ClN2O3S2/c1-21-14(20)6-12-8-23-15(17-12)18-13(19)9-22-7-10-2-4-11(16)5-3-10/h2-5,8H,6-7,9H2,1H3,(H,17,18,19). The Balaban J connectivity index is 1.74. The summed E-state index contributed by atoms with van der Waals surface area (Å²) in [6.45, 7) is 0. The van der Waals surface area contributed by atoms with Crippen LogP contribution in [0.15, 0.2) is 29.6 Å². The molecule has 0 aliphatic carbocycles. The van der Waals surface area contributed by atoms with Crippen molar-refractivity contribution in [1.82, 2.24) is 4.98 Å². The van der Waals surface area contributed by atoms with Crippen molar-refractivity contribution in [3.63, 3.8) is 0 Å². The number of halogens is 1. The average Bonchev–Trinajstić information content (AvgIpc) is 2.96. The van der Waals surface area contributed by atoms with Gasteiger partial charge < -0.3 is 10.1 Å². The summed E-state index contributed by atoms with van der Waals surface area (Å²) < 4.78 is 4.57. The van der Waals surface area contributed by atoms with Gasteiger partial charge in [0.15, 0.2) is 5.13 Å². The van der Waals surface area contributed by atoms with Crippen LogP contribution in [-0.4, -0.2) is 29.7 Å². The molecule has 122 valence electrons. The topological polar surface area (TPSA) is 68.3 Å². The molecule has 1 aromatic carbocycles. The lowest BCUT2D eigenvalue weighted by atomic mass is 10.2. The number of benzene rings is 1. The molecular weight excluding hydrogens is 356 g/mol. The van der Waals surface area contributed by atoms with Gasteiger partial charge >= 0.3 is 5.97 Å². The zero-order valence-electron chi connectivity index (χ0n) is 12.4. The smallest absolute Gasteiger partial charge is 0.311 e. The number of rotatable bonds is 7. The van der Waals surface area contributed by atoms with Crippen molar-refractivity contribution in [3.8, 4) is 0 Å². The predicted octanol–water partition coefficient (Wildman–Crippen LogP) is 3.38. The van der Waals surface area contributed by atoms with Crippen LogP contribution in [-0.2, 0) is 26.5 Å². The number of amides is 1. The van der Waals surface area contributed by atoms with Crippen molar-refractivity contribution in [3.05, 3.63) is 45.9 Å². The Kier molecular flexibility index (Phi) is 6.88. The first-order chi connectivity index (χ1) is 11.1. The number of nitrogens with zero attached hydrogens (tertiary/aromatic N) is 1. The van der Waals surface area contributed by atoms with Crippen LogP contribution in [0.4, 0.5) is 5.13 Å². The highest BCUT2D eigenvalue weighted by molar-refractivity contribution is 7.99. The third-order valence-corrected chi connectivity index (χ3v) is 4.83. The first-order valence-corrected chi connectivity index (χ1v) is 9.11. The second kappa shape index (κ2) is 8.90. The van der Waals surface area contributed by atoms with Crippen molar-refractivity contribution in [1.29, 1.82) is 0 Å². The van der Waals surface area contributed by atoms with Crippen LogP contribution in [0.3, 0.4) is 0 Å². The Bertz CT molecular complexity index is 674. The van der Waals surface area contributed by atoms with Crippen molar-refractivity contribution < 1.29 is 14.3 Å². The Morgan fingerprint density at radius 1 is 1.35 bits per heavy atom. The second-order valence-electron chi connectivity index (χ2n) is 4.56. The Labute approximate surface area is 147 Å². The number of hydrogen-bond acceptors (Lipinski definition) is 6. The fraction of sp³-hybridized carbons (Fsp3) is 0.267. The van der Waals surface area contributed by atoms with Crippen molar-refractivity contribution in [2.45, 2.75) is 12.2 Å². The van der Waals surface area contributed by atoms with Gasteiger partial charge in [-0.15, -0.1) is 23.1 Å². The van der Waals surface area contributed by atoms with Crippen LogP contribution in [0, 0.1) is 0 Å². The minimum absolute atomic E-state index is 0.105. The maximum Gasteiger partial charge on any atom is 0.311 e. The zero-order valence-corrected chi connectivity index (χ0v) is 14.8. The first-order valence-electron chi connectivity index (χ1n) is 6.70. The van der Waals surface area contributed by atoms with E-state index in [-0.39, 0.29) is 18.3 Å². The number of carbonyl (C=O) groups excluding carboxylic acids is 2. The van der Waals surface area contributed by atoms with E-state index in [0.717, 1.165) is 11.3 Å². The molecule has 0 radical (unpaired) electrons. The van der Waals surface area contributed by atoms with Gasteiger partial charge in [-0.1, -0.05) is 23.7 Å². The zero-order chi connectivity index (χ0) is 16.7. The lowest BCUT2D eigenvalue weighted by Gasteiger charge is -2.03. The number of ether oxygens (including phenoxy) is 1. The largest absolute Gasteiger partial charge is 0.469 e. The fourth-order valence-corrected chi connectivity index (χ4v) is 3.30. The van der Waals surface area contributed by atoms with Gasteiger partial charge in [-0.2, -0.15) is 0 Å². The minimum atomic E-state index is -0.355. The van der Waals surface area contributed by atoms with E-state index in [0.29, 0.717) is 21.6 Å². The lowest BCUT2D eigenvalue weighted by molar-refractivity contribution is -0.139. The molecule has 0 spiro atoms. The summed E-state index contributed by atoms with van der Waals surface area (Å²) in [6.07, 6.45) is 0.105. The fourth-order valence-electron chi connectivity index (χ4n) is 1.66. The molecule has 1 amide bonds. The molecule has 1 N–H and O–H groups in total. The summed E-state index contributed by atoms with van der Waals surface area (Å²) in [4.78, 5) is 27.2. The normalized spacial score (nSPS) is 10.3. The van der Waals surface area contributed by atoms with Crippen LogP contribution >= 0.6 is 34.7 Å². The van der Waals surface area contributed by atoms with E-state index < -0.39 is 0 Å². The molecule has 8 heteroatoms. The Morgan fingerprint density at radius 3 is 2.78 bits per heavy atom. The third kappa shape index (κ3) is 6.21. The van der Waals surface area contributed by atoms with Gasteiger partial charge in [0.05, 0.1) is 25.0 Å². The summed E-state index contributed by atoms with van der Waals surface area (Å²) in [5.74, 6) is 0.583. The Morgan fingerprint density at radius 2 is 2.09 bits per heavy atom. The number of methoxy groups -OCH3 is 1. The van der Waals surface area contributed by atoms with E-state index in [1.54, 1.807) is 5.38 Å². The molecule has 0 aliphatic heterocycles. The molecule has 0 saturated carbocycles. The molecule has 1 aromatic heterocycles. The number of aromatic nitrogens is 1. The minimum Gasteiger partial charge on any atom is -0.469 e. The highest BCUT2D eigenvalue weighted by Gasteiger charge is 2.10. The molecule has 0 fully saturated rings. The van der Waals surface area contributed by atoms with E-state index >= 15 is 0 Å². The van der Waals surface area contributed by atoms with E-state index in [1.807, 2.05) is 24.3 Å². The molecule has 0 saturated heterocycles. The summed E-state index contributed by atoms with van der Waals surface area (Å²) in [5, 5.41) is 5.64. The molecule has 0 unspecified atom stereocenters. The van der Waals surface area contributed by atoms with Crippen LogP contribution in [0.1, 0.15) is 11.3 Å². The van der Waals surface area contributed by atoms with Crippen molar-refractivity contribution in [2.75, 3.05) is 18.2 Å². The third-order valence-electron chi connectivity index (χ3n) is 2.77. The van der Waals surface area contributed by atoms with Crippen LogP contribution in [0.2, 0.25) is 5.02 Å². The van der Waals surface area contributed by atoms with E-state index in [1.165, 1.54) is 30.2 Å². The summed E-state index contributed by atoms with van der Waals surface area (Å²) in [7, 11) is 1.33. The van der Waals surface area contributed by atoms with Gasteiger partial charge in [0.2, 0.25) is 5.91 Å². The number of esters is 1. The number of thioether (sulfide) groups is 1. The SMILES string of the molecule is COC(=O)Cc1csc(NC(=O)CSCc2ccc(Cl)cc2)n1. The van der Waals surface area contributed by atoms with E-state index in [9.17, 15) is 9.59 Å². The van der Waals surface area contributed by atoms with Crippen LogP contribution < -0.4 is 5.32 Å². The highest BCUT2D eigenvalue weighted by Crippen LogP contribution is 2.18. The highest BCUT2D eigenvalue weighted by atomic mass is 35.5. The lowest BCUT2D eigenvalue weighted by Crippen LogP contribution is -2.14. The number of carbonyl (C=O) groups is 2. The average molecular weight is 371 g/mol. The first kappa shape index (κ1) is 17.8. The van der Waals surface area contributed by atoms with Gasteiger partial charge in [-0.3, -0.25) is 9.59 Å². The maximum atomic E-state index is 11.9. The predicted molar refractivity (Wildman–Crippen MR) is 94.1 cm³/mol. The quantitative estimate of drug-likeness (QED) is 0.756. The van der Waals surface area contributed by atoms with E-state index in [2.05, 4.69) is 15.0 Å². The molecule has 0 bridgehead atoms. The van der Waals surface area contributed by atoms with Gasteiger partial charge in [-0.25, -0.2) is 4.98 Å². The van der Waals surface area contributed by atoms with Gasteiger partial charge in [0.1, 0.15) is 0 Å². The van der Waals surface area contributed by atoms with Crippen molar-refractivity contribution >= 4 is 51.7 Å². The summed E-state index contributed by atoms with van der Waals surface area (Å²) >= 11 is 8.62. The number of thiazole rings is 1. The molecular formula is C15H15ClN2O3S2. The monoisotopic (exact) mass is 370 g/mol.